The van der Waals surface area contributed by atoms with E-state index in [-0.39, 0.29) is 5.82 Å². The number of hydrogen-bond donors (Lipinski definition) is 1. The van der Waals surface area contributed by atoms with Gasteiger partial charge >= 0.3 is 0 Å². The third-order valence-corrected chi connectivity index (χ3v) is 5.21. The monoisotopic (exact) mass is 369 g/mol. The molecule has 0 bridgehead atoms. The van der Waals surface area contributed by atoms with Crippen LogP contribution in [-0.2, 0) is 0 Å². The molecule has 0 unspecified atom stereocenters. The molecule has 0 radical (unpaired) electrons. The van der Waals surface area contributed by atoms with Crippen LogP contribution >= 0.6 is 22.7 Å². The van der Waals surface area contributed by atoms with Gasteiger partial charge in [0.15, 0.2) is 5.82 Å². The van der Waals surface area contributed by atoms with Gasteiger partial charge in [-0.1, -0.05) is 12.1 Å². The zero-order valence-corrected chi connectivity index (χ0v) is 14.7. The molecule has 0 aliphatic carbocycles. The number of halogens is 1. The summed E-state index contributed by atoms with van der Waals surface area (Å²) in [5.41, 5.74) is 5.62. The summed E-state index contributed by atoms with van der Waals surface area (Å²) in [7, 11) is 0. The lowest BCUT2D eigenvalue weighted by Gasteiger charge is -2.04. The number of benzene rings is 1. The van der Waals surface area contributed by atoms with Crippen LogP contribution < -0.4 is 5.43 Å². The average molecular weight is 369 g/mol. The van der Waals surface area contributed by atoms with Crippen molar-refractivity contribution in [2.75, 3.05) is 5.43 Å². The van der Waals surface area contributed by atoms with E-state index in [0.717, 1.165) is 32.0 Å². The van der Waals surface area contributed by atoms with Crippen molar-refractivity contribution >= 4 is 44.9 Å². The maximum atomic E-state index is 13.2. The maximum absolute atomic E-state index is 13.2. The fourth-order valence-corrected chi connectivity index (χ4v) is 3.88. The number of aryl methyl sites for hydroxylation is 1. The molecule has 4 rings (SSSR count). The van der Waals surface area contributed by atoms with Crippen molar-refractivity contribution in [1.82, 2.24) is 15.0 Å². The molecule has 3 heterocycles. The average Bonchev–Trinajstić information content (AvgIpc) is 3.22. The SMILES string of the molecule is Cc1nc(/C=N\Nc2ncnc3scc(-c4ccc(F)cc4)c23)cs1. The first kappa shape index (κ1) is 15.8. The van der Waals surface area contributed by atoms with Gasteiger partial charge in [0.25, 0.3) is 0 Å². The zero-order valence-electron chi connectivity index (χ0n) is 13.1. The second kappa shape index (κ2) is 6.66. The van der Waals surface area contributed by atoms with Gasteiger partial charge in [0.2, 0.25) is 0 Å². The van der Waals surface area contributed by atoms with Crippen LogP contribution in [0.25, 0.3) is 21.3 Å². The Balaban J connectivity index is 1.70. The molecule has 0 saturated heterocycles. The van der Waals surface area contributed by atoms with Crippen LogP contribution in [0.3, 0.4) is 0 Å². The van der Waals surface area contributed by atoms with Gasteiger partial charge < -0.3 is 0 Å². The van der Waals surface area contributed by atoms with Gasteiger partial charge in [0, 0.05) is 16.3 Å². The minimum atomic E-state index is -0.263. The largest absolute Gasteiger partial charge is 0.261 e. The topological polar surface area (TPSA) is 63.1 Å². The van der Waals surface area contributed by atoms with Crippen molar-refractivity contribution in [3.8, 4) is 11.1 Å². The van der Waals surface area contributed by atoms with E-state index in [9.17, 15) is 4.39 Å². The van der Waals surface area contributed by atoms with Gasteiger partial charge in [-0.2, -0.15) is 5.10 Å². The number of hydrazone groups is 1. The zero-order chi connectivity index (χ0) is 17.2. The predicted octanol–water partition coefficient (Wildman–Crippen LogP) is 4.71. The van der Waals surface area contributed by atoms with Gasteiger partial charge in [-0.15, -0.1) is 22.7 Å². The number of nitrogens with zero attached hydrogens (tertiary/aromatic N) is 4. The van der Waals surface area contributed by atoms with E-state index >= 15 is 0 Å². The molecular weight excluding hydrogens is 357 g/mol. The number of anilines is 1. The van der Waals surface area contributed by atoms with E-state index in [4.69, 9.17) is 0 Å². The third-order valence-electron chi connectivity index (χ3n) is 3.53. The summed E-state index contributed by atoms with van der Waals surface area (Å²) in [5.74, 6) is 0.342. The number of fused-ring (bicyclic) bond motifs is 1. The number of nitrogens with one attached hydrogen (secondary N) is 1. The first-order valence-electron chi connectivity index (χ1n) is 7.40. The molecule has 0 aliphatic heterocycles. The second-order valence-electron chi connectivity index (χ2n) is 5.22. The van der Waals surface area contributed by atoms with Crippen LogP contribution in [0.4, 0.5) is 10.2 Å². The van der Waals surface area contributed by atoms with Crippen LogP contribution in [0.5, 0.6) is 0 Å². The van der Waals surface area contributed by atoms with Crippen LogP contribution in [0.2, 0.25) is 0 Å². The van der Waals surface area contributed by atoms with E-state index in [1.165, 1.54) is 29.8 Å². The van der Waals surface area contributed by atoms with Crippen molar-refractivity contribution in [3.63, 3.8) is 0 Å². The number of thiazole rings is 1. The molecule has 4 aromatic rings. The van der Waals surface area contributed by atoms with Crippen molar-refractivity contribution < 1.29 is 4.39 Å². The molecule has 124 valence electrons. The van der Waals surface area contributed by atoms with E-state index < -0.39 is 0 Å². The third kappa shape index (κ3) is 3.26. The molecule has 0 spiro atoms. The lowest BCUT2D eigenvalue weighted by atomic mass is 10.1. The Bertz CT molecular complexity index is 1050. The molecule has 8 heteroatoms. The number of thiophene rings is 1. The Morgan fingerprint density at radius 1 is 1.12 bits per heavy atom. The Kier molecular flexibility index (Phi) is 4.21. The normalized spacial score (nSPS) is 11.4. The molecule has 0 fully saturated rings. The Labute approximate surface area is 150 Å². The highest BCUT2D eigenvalue weighted by atomic mass is 32.1. The first-order valence-corrected chi connectivity index (χ1v) is 9.16. The minimum Gasteiger partial charge on any atom is -0.261 e. The molecule has 0 atom stereocenters. The molecule has 25 heavy (non-hydrogen) atoms. The maximum Gasteiger partial charge on any atom is 0.159 e. The molecule has 1 aromatic carbocycles. The van der Waals surface area contributed by atoms with Crippen molar-refractivity contribution in [2.24, 2.45) is 5.10 Å². The molecule has 3 aromatic heterocycles. The van der Waals surface area contributed by atoms with Gasteiger partial charge in [0.1, 0.15) is 17.0 Å². The summed E-state index contributed by atoms with van der Waals surface area (Å²) in [6.45, 7) is 1.95. The summed E-state index contributed by atoms with van der Waals surface area (Å²) in [4.78, 5) is 13.8. The van der Waals surface area contributed by atoms with E-state index in [1.807, 2.05) is 17.7 Å². The molecular formula is C17H12FN5S2. The van der Waals surface area contributed by atoms with Gasteiger partial charge in [-0.3, -0.25) is 5.43 Å². The Morgan fingerprint density at radius 2 is 1.96 bits per heavy atom. The highest BCUT2D eigenvalue weighted by molar-refractivity contribution is 7.17. The summed E-state index contributed by atoms with van der Waals surface area (Å²) < 4.78 is 13.2. The number of aromatic nitrogens is 3. The van der Waals surface area contributed by atoms with E-state index in [0.29, 0.717) is 5.82 Å². The van der Waals surface area contributed by atoms with Crippen LogP contribution in [-0.4, -0.2) is 21.2 Å². The Hall–Kier alpha value is -2.71. The van der Waals surface area contributed by atoms with Crippen LogP contribution in [0.15, 0.2) is 46.5 Å². The first-order chi connectivity index (χ1) is 12.2. The van der Waals surface area contributed by atoms with Crippen LogP contribution in [0.1, 0.15) is 10.7 Å². The number of rotatable bonds is 4. The summed E-state index contributed by atoms with van der Waals surface area (Å²) in [5, 5.41) is 10.0. The highest BCUT2D eigenvalue weighted by Crippen LogP contribution is 2.36. The highest BCUT2D eigenvalue weighted by Gasteiger charge is 2.12. The molecule has 5 nitrogen and oxygen atoms in total. The lowest BCUT2D eigenvalue weighted by molar-refractivity contribution is 0.628. The second-order valence-corrected chi connectivity index (χ2v) is 7.14. The van der Waals surface area contributed by atoms with Crippen molar-refractivity contribution in [3.05, 3.63) is 57.9 Å². The van der Waals surface area contributed by atoms with Crippen LogP contribution in [0, 0.1) is 12.7 Å². The van der Waals surface area contributed by atoms with Crippen molar-refractivity contribution in [2.45, 2.75) is 6.92 Å². The minimum absolute atomic E-state index is 0.263. The summed E-state index contributed by atoms with van der Waals surface area (Å²) in [6.07, 6.45) is 3.15. The molecule has 0 saturated carbocycles. The van der Waals surface area contributed by atoms with E-state index in [2.05, 4.69) is 25.5 Å². The van der Waals surface area contributed by atoms with E-state index in [1.54, 1.807) is 29.7 Å². The fraction of sp³-hybridized carbons (Fsp3) is 0.0588. The predicted molar refractivity (Wildman–Crippen MR) is 101 cm³/mol. The molecule has 0 amide bonds. The van der Waals surface area contributed by atoms with Gasteiger partial charge in [-0.25, -0.2) is 19.3 Å². The fourth-order valence-electron chi connectivity index (χ4n) is 2.40. The van der Waals surface area contributed by atoms with Gasteiger partial charge in [-0.05, 0) is 24.6 Å². The smallest absolute Gasteiger partial charge is 0.159 e. The van der Waals surface area contributed by atoms with Gasteiger partial charge in [0.05, 0.1) is 22.3 Å². The summed E-state index contributed by atoms with van der Waals surface area (Å²) >= 11 is 3.08. The quantitative estimate of drug-likeness (QED) is 0.418. The molecule has 0 aliphatic rings. The summed E-state index contributed by atoms with van der Waals surface area (Å²) in [6, 6.07) is 6.38. The molecule has 1 N–H and O–H groups in total. The Morgan fingerprint density at radius 3 is 2.72 bits per heavy atom. The van der Waals surface area contributed by atoms with Crippen molar-refractivity contribution in [1.29, 1.82) is 0 Å². The standard InChI is InChI=1S/C17H12FN5S2/c1-10-22-13(7-24-10)6-21-23-16-15-14(8-25-17(15)20-9-19-16)11-2-4-12(18)5-3-11/h2-9H,1H3,(H,19,20,23)/b21-6-. The lowest BCUT2D eigenvalue weighted by Crippen LogP contribution is -1.95. The number of hydrogen-bond acceptors (Lipinski definition) is 7.